The highest BCUT2D eigenvalue weighted by atomic mass is 16.5. The predicted molar refractivity (Wildman–Crippen MR) is 73.1 cm³/mol. The molecule has 2 rings (SSSR count). The lowest BCUT2D eigenvalue weighted by molar-refractivity contribution is -0.143. The first-order valence-corrected chi connectivity index (χ1v) is 6.56. The van der Waals surface area contributed by atoms with Gasteiger partial charge in [-0.3, -0.25) is 9.69 Å². The fraction of sp³-hybridized carbons (Fsp3) is 0.533. The third-order valence-corrected chi connectivity index (χ3v) is 4.07. The second-order valence-electron chi connectivity index (χ2n) is 5.32. The molecule has 1 saturated heterocycles. The lowest BCUT2D eigenvalue weighted by Crippen LogP contribution is -2.40. The number of carboxylic acids is 1. The average molecular weight is 263 g/mol. The van der Waals surface area contributed by atoms with Crippen molar-refractivity contribution in [2.24, 2.45) is 5.92 Å². The van der Waals surface area contributed by atoms with E-state index in [0.29, 0.717) is 13.2 Å². The largest absolute Gasteiger partial charge is 0.481 e. The van der Waals surface area contributed by atoms with Crippen molar-refractivity contribution in [3.63, 3.8) is 0 Å². The molecule has 0 bridgehead atoms. The van der Waals surface area contributed by atoms with Crippen molar-refractivity contribution >= 4 is 5.97 Å². The summed E-state index contributed by atoms with van der Waals surface area (Å²) in [4.78, 5) is 13.3. The molecule has 1 N–H and O–H groups in total. The Kier molecular flexibility index (Phi) is 4.22. The molecule has 1 aromatic carbocycles. The standard InChI is InChI=1S/C15H21NO3/c1-10-5-4-6-12(11(10)2)7-16(3)14-9-19-8-13(14)15(17)18/h4-6,13-14H,7-9H2,1-3H3,(H,17,18). The summed E-state index contributed by atoms with van der Waals surface area (Å²) in [5, 5.41) is 9.19. The normalized spacial score (nSPS) is 22.9. The number of aliphatic carboxylic acids is 1. The molecule has 0 amide bonds. The van der Waals surface area contributed by atoms with E-state index < -0.39 is 11.9 Å². The van der Waals surface area contributed by atoms with Gasteiger partial charge in [-0.2, -0.15) is 0 Å². The van der Waals surface area contributed by atoms with Crippen LogP contribution in [-0.4, -0.2) is 42.3 Å². The second-order valence-corrected chi connectivity index (χ2v) is 5.32. The van der Waals surface area contributed by atoms with Gasteiger partial charge in [0.1, 0.15) is 0 Å². The van der Waals surface area contributed by atoms with E-state index in [1.807, 2.05) is 13.1 Å². The van der Waals surface area contributed by atoms with Crippen LogP contribution in [0.15, 0.2) is 18.2 Å². The Morgan fingerprint density at radius 2 is 2.16 bits per heavy atom. The molecule has 1 fully saturated rings. The Morgan fingerprint density at radius 1 is 1.42 bits per heavy atom. The molecule has 0 aromatic heterocycles. The lowest BCUT2D eigenvalue weighted by Gasteiger charge is -2.27. The van der Waals surface area contributed by atoms with Crippen LogP contribution in [0.4, 0.5) is 0 Å². The predicted octanol–water partition coefficient (Wildman–Crippen LogP) is 1.83. The summed E-state index contributed by atoms with van der Waals surface area (Å²) < 4.78 is 5.32. The zero-order valence-corrected chi connectivity index (χ0v) is 11.7. The van der Waals surface area contributed by atoms with Gasteiger partial charge < -0.3 is 9.84 Å². The number of hydrogen-bond donors (Lipinski definition) is 1. The van der Waals surface area contributed by atoms with E-state index in [1.54, 1.807) is 0 Å². The molecule has 19 heavy (non-hydrogen) atoms. The van der Waals surface area contributed by atoms with Crippen LogP contribution in [-0.2, 0) is 16.1 Å². The first kappa shape index (κ1) is 14.0. The first-order chi connectivity index (χ1) is 9.00. The van der Waals surface area contributed by atoms with Crippen LogP contribution in [0, 0.1) is 19.8 Å². The van der Waals surface area contributed by atoms with Crippen LogP contribution in [0.2, 0.25) is 0 Å². The molecule has 1 heterocycles. The highest BCUT2D eigenvalue weighted by molar-refractivity contribution is 5.71. The van der Waals surface area contributed by atoms with Crippen molar-refractivity contribution in [1.29, 1.82) is 0 Å². The Balaban J connectivity index is 2.10. The average Bonchev–Trinajstić information content (AvgIpc) is 2.84. The summed E-state index contributed by atoms with van der Waals surface area (Å²) in [6.45, 7) is 5.77. The number of ether oxygens (including phenoxy) is 1. The van der Waals surface area contributed by atoms with E-state index in [-0.39, 0.29) is 6.04 Å². The summed E-state index contributed by atoms with van der Waals surface area (Å²) in [6, 6.07) is 6.20. The minimum atomic E-state index is -0.768. The molecule has 2 unspecified atom stereocenters. The van der Waals surface area contributed by atoms with E-state index in [4.69, 9.17) is 4.74 Å². The van der Waals surface area contributed by atoms with Gasteiger partial charge in [-0.15, -0.1) is 0 Å². The van der Waals surface area contributed by atoms with Crippen molar-refractivity contribution in [3.8, 4) is 0 Å². The van der Waals surface area contributed by atoms with E-state index in [0.717, 1.165) is 6.54 Å². The Bertz CT molecular complexity index is 472. The number of nitrogens with zero attached hydrogens (tertiary/aromatic N) is 1. The highest BCUT2D eigenvalue weighted by Crippen LogP contribution is 2.22. The molecule has 2 atom stereocenters. The number of benzene rings is 1. The first-order valence-electron chi connectivity index (χ1n) is 6.56. The third-order valence-electron chi connectivity index (χ3n) is 4.07. The van der Waals surface area contributed by atoms with Crippen LogP contribution < -0.4 is 0 Å². The smallest absolute Gasteiger partial charge is 0.310 e. The quantitative estimate of drug-likeness (QED) is 0.900. The number of carboxylic acid groups (broad SMARTS) is 1. The molecule has 104 valence electrons. The molecule has 1 aromatic rings. The maximum absolute atomic E-state index is 11.2. The van der Waals surface area contributed by atoms with Crippen LogP contribution in [0.25, 0.3) is 0 Å². The van der Waals surface area contributed by atoms with Crippen LogP contribution in [0.1, 0.15) is 16.7 Å². The molecular weight excluding hydrogens is 242 g/mol. The molecule has 1 aliphatic rings. The number of likely N-dealkylation sites (N-methyl/N-ethyl adjacent to an activating group) is 1. The summed E-state index contributed by atoms with van der Waals surface area (Å²) in [5.74, 6) is -1.19. The van der Waals surface area contributed by atoms with Gasteiger partial charge in [-0.1, -0.05) is 18.2 Å². The fourth-order valence-corrected chi connectivity index (χ4v) is 2.58. The molecule has 0 spiro atoms. The van der Waals surface area contributed by atoms with Crippen molar-refractivity contribution in [2.45, 2.75) is 26.4 Å². The van der Waals surface area contributed by atoms with E-state index in [9.17, 15) is 9.90 Å². The van der Waals surface area contributed by atoms with Crippen molar-refractivity contribution in [2.75, 3.05) is 20.3 Å². The molecule has 4 heteroatoms. The highest BCUT2D eigenvalue weighted by Gasteiger charge is 2.36. The summed E-state index contributed by atoms with van der Waals surface area (Å²) in [6.07, 6.45) is 0. The van der Waals surface area contributed by atoms with Gasteiger partial charge in [-0.25, -0.2) is 0 Å². The molecule has 0 aliphatic carbocycles. The molecular formula is C15H21NO3. The minimum absolute atomic E-state index is 0.0441. The van der Waals surface area contributed by atoms with Gasteiger partial charge in [0.05, 0.1) is 19.1 Å². The lowest BCUT2D eigenvalue weighted by atomic mass is 10.00. The van der Waals surface area contributed by atoms with Crippen LogP contribution in [0.5, 0.6) is 0 Å². The summed E-state index contributed by atoms with van der Waals surface area (Å²) in [7, 11) is 1.97. The number of hydrogen-bond acceptors (Lipinski definition) is 3. The van der Waals surface area contributed by atoms with Gasteiger partial charge in [0.15, 0.2) is 0 Å². The minimum Gasteiger partial charge on any atom is -0.481 e. The maximum atomic E-state index is 11.2. The molecule has 0 saturated carbocycles. The van der Waals surface area contributed by atoms with Crippen LogP contribution in [0.3, 0.4) is 0 Å². The van der Waals surface area contributed by atoms with Crippen molar-refractivity contribution in [1.82, 2.24) is 4.90 Å². The summed E-state index contributed by atoms with van der Waals surface area (Å²) >= 11 is 0. The fourth-order valence-electron chi connectivity index (χ4n) is 2.58. The zero-order chi connectivity index (χ0) is 14.0. The second kappa shape index (κ2) is 5.72. The number of aryl methyl sites for hydroxylation is 1. The Hall–Kier alpha value is -1.39. The van der Waals surface area contributed by atoms with E-state index in [1.165, 1.54) is 16.7 Å². The van der Waals surface area contributed by atoms with Crippen molar-refractivity contribution < 1.29 is 14.6 Å². The monoisotopic (exact) mass is 263 g/mol. The van der Waals surface area contributed by atoms with Crippen LogP contribution >= 0.6 is 0 Å². The summed E-state index contributed by atoms with van der Waals surface area (Å²) in [5.41, 5.74) is 3.79. The molecule has 1 aliphatic heterocycles. The zero-order valence-electron chi connectivity index (χ0n) is 11.7. The number of carbonyl (C=O) groups is 1. The van der Waals surface area contributed by atoms with Gasteiger partial charge >= 0.3 is 5.97 Å². The van der Waals surface area contributed by atoms with E-state index in [2.05, 4.69) is 30.9 Å². The Morgan fingerprint density at radius 3 is 2.84 bits per heavy atom. The van der Waals surface area contributed by atoms with E-state index >= 15 is 0 Å². The van der Waals surface area contributed by atoms with Gasteiger partial charge in [0, 0.05) is 12.6 Å². The van der Waals surface area contributed by atoms with Crippen molar-refractivity contribution in [3.05, 3.63) is 34.9 Å². The van der Waals surface area contributed by atoms with Gasteiger partial charge in [0.25, 0.3) is 0 Å². The number of rotatable bonds is 4. The van der Waals surface area contributed by atoms with Gasteiger partial charge in [-0.05, 0) is 37.6 Å². The molecule has 4 nitrogen and oxygen atoms in total. The maximum Gasteiger partial charge on any atom is 0.310 e. The molecule has 0 radical (unpaired) electrons. The SMILES string of the molecule is Cc1cccc(CN(C)C2COCC2C(=O)O)c1C. The van der Waals surface area contributed by atoms with Gasteiger partial charge in [0.2, 0.25) is 0 Å². The topological polar surface area (TPSA) is 49.8 Å². The Labute approximate surface area is 114 Å². The third kappa shape index (κ3) is 2.96.